The van der Waals surface area contributed by atoms with Crippen LogP contribution < -0.4 is 15.1 Å². The normalized spacial score (nSPS) is 15.8. The maximum absolute atomic E-state index is 13.4. The van der Waals surface area contributed by atoms with E-state index in [9.17, 15) is 9.18 Å². The van der Waals surface area contributed by atoms with Crippen LogP contribution in [0, 0.1) is 5.82 Å². The summed E-state index contributed by atoms with van der Waals surface area (Å²) < 4.78 is 14.9. The number of carbonyl (C=O) groups is 1. The fraction of sp³-hybridized carbons (Fsp3) is 0.296. The van der Waals surface area contributed by atoms with E-state index in [4.69, 9.17) is 21.5 Å². The number of halogens is 2. The highest BCUT2D eigenvalue weighted by Gasteiger charge is 2.26. The molecule has 2 aromatic carbocycles. The first-order chi connectivity index (χ1) is 18.5. The van der Waals surface area contributed by atoms with Crippen molar-refractivity contribution in [2.45, 2.75) is 6.42 Å². The molecule has 198 valence electrons. The molecule has 9 nitrogen and oxygen atoms in total. The molecule has 3 aromatic rings. The van der Waals surface area contributed by atoms with Crippen LogP contribution in [0.25, 0.3) is 11.3 Å². The first-order valence-corrected chi connectivity index (χ1v) is 12.7. The second-order valence-electron chi connectivity index (χ2n) is 9.03. The molecule has 1 amide bonds. The van der Waals surface area contributed by atoms with Crippen LogP contribution in [-0.4, -0.2) is 77.8 Å². The zero-order chi connectivity index (χ0) is 26.6. The SMILES string of the molecule is COn1cnc(-c2ccc(F)cc2)c1C1=NC=C(C(=O)Nc2ccc(N3CCN(CCO)CC3)cc2Cl)C1. The lowest BCUT2D eigenvalue weighted by Crippen LogP contribution is -2.47. The van der Waals surface area contributed by atoms with Crippen molar-refractivity contribution in [2.24, 2.45) is 4.99 Å². The summed E-state index contributed by atoms with van der Waals surface area (Å²) >= 11 is 6.54. The standard InChI is InChI=1S/C27H28ClFN6O3/c1-38-35-17-31-25(18-2-4-20(29)5-3-18)26(35)24-14-19(16-30-24)27(37)32-23-7-6-21(15-22(23)28)34-10-8-33(9-11-34)12-13-36/h2-7,15-17,36H,8-14H2,1H3,(H,32,37). The summed E-state index contributed by atoms with van der Waals surface area (Å²) in [7, 11) is 1.51. The Morgan fingerprint density at radius 2 is 1.92 bits per heavy atom. The summed E-state index contributed by atoms with van der Waals surface area (Å²) in [6.45, 7) is 4.27. The predicted molar refractivity (Wildman–Crippen MR) is 145 cm³/mol. The zero-order valence-electron chi connectivity index (χ0n) is 20.9. The number of benzene rings is 2. The van der Waals surface area contributed by atoms with Gasteiger partial charge in [-0.3, -0.25) is 14.7 Å². The van der Waals surface area contributed by atoms with Crippen LogP contribution in [0.4, 0.5) is 15.8 Å². The van der Waals surface area contributed by atoms with Crippen LogP contribution in [0.2, 0.25) is 5.02 Å². The van der Waals surface area contributed by atoms with Gasteiger partial charge >= 0.3 is 0 Å². The molecule has 1 aromatic heterocycles. The molecule has 38 heavy (non-hydrogen) atoms. The van der Waals surface area contributed by atoms with E-state index in [-0.39, 0.29) is 24.8 Å². The number of nitrogens with zero attached hydrogens (tertiary/aromatic N) is 5. The smallest absolute Gasteiger partial charge is 0.253 e. The van der Waals surface area contributed by atoms with E-state index in [1.807, 2.05) is 12.1 Å². The molecule has 11 heteroatoms. The minimum absolute atomic E-state index is 0.161. The van der Waals surface area contributed by atoms with E-state index < -0.39 is 0 Å². The number of nitrogens with one attached hydrogen (secondary N) is 1. The summed E-state index contributed by atoms with van der Waals surface area (Å²) in [5.74, 6) is -0.643. The van der Waals surface area contributed by atoms with Crippen LogP contribution in [0.15, 0.2) is 65.6 Å². The Morgan fingerprint density at radius 3 is 2.61 bits per heavy atom. The average molecular weight is 539 g/mol. The second-order valence-corrected chi connectivity index (χ2v) is 9.44. The van der Waals surface area contributed by atoms with Crippen LogP contribution in [-0.2, 0) is 4.79 Å². The van der Waals surface area contributed by atoms with Gasteiger partial charge in [0, 0.05) is 62.2 Å². The Kier molecular flexibility index (Phi) is 7.73. The molecule has 0 unspecified atom stereocenters. The summed E-state index contributed by atoms with van der Waals surface area (Å²) in [5.41, 5.74) is 4.46. The first-order valence-electron chi connectivity index (χ1n) is 12.3. The lowest BCUT2D eigenvalue weighted by Gasteiger charge is -2.36. The molecular weight excluding hydrogens is 511 g/mol. The van der Waals surface area contributed by atoms with Crippen LogP contribution >= 0.6 is 11.6 Å². The number of β-amino-alcohol motifs (C(OH)–C–C–N with tert-alkyl or cyclic N) is 1. The fourth-order valence-corrected chi connectivity index (χ4v) is 4.86. The number of hydrogen-bond donors (Lipinski definition) is 2. The number of aliphatic hydroxyl groups excluding tert-OH is 1. The third kappa shape index (κ3) is 5.42. The number of aliphatic imine (C=N–C) groups is 1. The van der Waals surface area contributed by atoms with E-state index in [1.165, 1.54) is 36.5 Å². The summed E-state index contributed by atoms with van der Waals surface area (Å²) in [4.78, 5) is 31.8. The Balaban J connectivity index is 1.25. The number of aromatic nitrogens is 2. The molecule has 1 saturated heterocycles. The van der Waals surface area contributed by atoms with E-state index in [0.29, 0.717) is 45.5 Å². The van der Waals surface area contributed by atoms with Crippen molar-refractivity contribution in [3.05, 3.63) is 77.1 Å². The van der Waals surface area contributed by atoms with Gasteiger partial charge in [-0.25, -0.2) is 9.37 Å². The zero-order valence-corrected chi connectivity index (χ0v) is 21.7. The summed E-state index contributed by atoms with van der Waals surface area (Å²) in [6.07, 6.45) is 3.31. The van der Waals surface area contributed by atoms with Crippen LogP contribution in [0.1, 0.15) is 12.1 Å². The third-order valence-corrected chi connectivity index (χ3v) is 7.02. The van der Waals surface area contributed by atoms with Crippen LogP contribution in [0.3, 0.4) is 0 Å². The number of carbonyl (C=O) groups excluding carboxylic acids is 1. The average Bonchev–Trinajstić information content (AvgIpc) is 3.58. The topological polar surface area (TPSA) is 95.2 Å². The fourth-order valence-electron chi connectivity index (χ4n) is 4.64. The molecular formula is C27H28ClFN6O3. The van der Waals surface area contributed by atoms with Gasteiger partial charge in [0.25, 0.3) is 5.91 Å². The number of imidazole rings is 1. The van der Waals surface area contributed by atoms with Gasteiger partial charge in [-0.15, -0.1) is 0 Å². The Hall–Kier alpha value is -3.73. The third-order valence-electron chi connectivity index (χ3n) is 6.70. The van der Waals surface area contributed by atoms with Gasteiger partial charge in [-0.05, 0) is 42.5 Å². The predicted octanol–water partition coefficient (Wildman–Crippen LogP) is 3.23. The first kappa shape index (κ1) is 25.9. The monoisotopic (exact) mass is 538 g/mol. The van der Waals surface area contributed by atoms with Gasteiger partial charge in [0.2, 0.25) is 0 Å². The number of piperazine rings is 1. The molecule has 2 N–H and O–H groups in total. The number of amides is 1. The highest BCUT2D eigenvalue weighted by Crippen LogP contribution is 2.31. The number of anilines is 2. The van der Waals surface area contributed by atoms with Gasteiger partial charge in [-0.2, -0.15) is 4.73 Å². The molecule has 0 aliphatic carbocycles. The minimum atomic E-state index is -0.340. The lowest BCUT2D eigenvalue weighted by atomic mass is 10.0. The quantitative estimate of drug-likeness (QED) is 0.457. The second kappa shape index (κ2) is 11.3. The van der Waals surface area contributed by atoms with E-state index in [2.05, 4.69) is 25.1 Å². The number of aliphatic hydroxyl groups is 1. The molecule has 2 aliphatic heterocycles. The van der Waals surface area contributed by atoms with E-state index in [0.717, 1.165) is 31.9 Å². The van der Waals surface area contributed by atoms with Crippen molar-refractivity contribution in [2.75, 3.05) is 56.7 Å². The molecule has 3 heterocycles. The van der Waals surface area contributed by atoms with Crippen molar-refractivity contribution < 1.29 is 19.1 Å². The van der Waals surface area contributed by atoms with Crippen molar-refractivity contribution in [3.8, 4) is 11.3 Å². The maximum Gasteiger partial charge on any atom is 0.253 e. The molecule has 5 rings (SSSR count). The van der Waals surface area contributed by atoms with E-state index >= 15 is 0 Å². The molecule has 0 spiro atoms. The summed E-state index contributed by atoms with van der Waals surface area (Å²) in [6, 6.07) is 11.6. The van der Waals surface area contributed by atoms with Crippen molar-refractivity contribution in [1.29, 1.82) is 0 Å². The van der Waals surface area contributed by atoms with E-state index in [1.54, 1.807) is 18.2 Å². The molecule has 2 aliphatic rings. The largest absolute Gasteiger partial charge is 0.416 e. The van der Waals surface area contributed by atoms with Crippen LogP contribution in [0.5, 0.6) is 0 Å². The molecule has 0 saturated carbocycles. The van der Waals surface area contributed by atoms with Gasteiger partial charge in [0.05, 0.1) is 23.0 Å². The molecule has 0 bridgehead atoms. The molecule has 1 fully saturated rings. The number of rotatable bonds is 8. The van der Waals surface area contributed by atoms with Crippen molar-refractivity contribution in [1.82, 2.24) is 14.6 Å². The Labute approximate surface area is 224 Å². The van der Waals surface area contributed by atoms with Crippen molar-refractivity contribution in [3.63, 3.8) is 0 Å². The maximum atomic E-state index is 13.4. The Morgan fingerprint density at radius 1 is 1.16 bits per heavy atom. The van der Waals surface area contributed by atoms with Gasteiger partial charge < -0.3 is 20.2 Å². The minimum Gasteiger partial charge on any atom is -0.416 e. The van der Waals surface area contributed by atoms with Crippen molar-refractivity contribution >= 4 is 34.6 Å². The van der Waals surface area contributed by atoms with Gasteiger partial charge in [0.15, 0.2) is 0 Å². The van der Waals surface area contributed by atoms with Gasteiger partial charge in [-0.1, -0.05) is 11.6 Å². The highest BCUT2D eigenvalue weighted by molar-refractivity contribution is 6.34. The van der Waals surface area contributed by atoms with Gasteiger partial charge in [0.1, 0.15) is 30.6 Å². The molecule has 0 atom stereocenters. The summed E-state index contributed by atoms with van der Waals surface area (Å²) in [5, 5.41) is 12.5. The number of hydrogen-bond acceptors (Lipinski definition) is 7. The Bertz CT molecular complexity index is 1380. The molecule has 0 radical (unpaired) electrons. The highest BCUT2D eigenvalue weighted by atomic mass is 35.5. The lowest BCUT2D eigenvalue weighted by molar-refractivity contribution is -0.112.